The van der Waals surface area contributed by atoms with Crippen LogP contribution in [0.15, 0.2) is 6.07 Å². The smallest absolute Gasteiger partial charge is 0.221 e. The third kappa shape index (κ3) is 4.14. The standard InChI is InChI=1S/C18H30N4O/c1-14-12-15(2)22(20-14)11-8-18(23)19-13-16-6-5-10-21-9-4-3-7-17(16)21/h12,16-17H,3-11,13H2,1-2H3,(H,19,23)/t16?,17-/m1/s1. The first-order valence-corrected chi connectivity index (χ1v) is 9.15. The Morgan fingerprint density at radius 1 is 1.26 bits per heavy atom. The number of piperidine rings is 2. The lowest BCUT2D eigenvalue weighted by Crippen LogP contribution is -2.51. The Kier molecular flexibility index (Phi) is 5.36. The summed E-state index contributed by atoms with van der Waals surface area (Å²) in [4.78, 5) is 14.8. The van der Waals surface area contributed by atoms with Gasteiger partial charge in [-0.1, -0.05) is 6.42 Å². The lowest BCUT2D eigenvalue weighted by atomic mass is 9.83. The molecular weight excluding hydrogens is 288 g/mol. The molecule has 1 aromatic rings. The Hall–Kier alpha value is -1.36. The number of nitrogens with one attached hydrogen (secondary N) is 1. The van der Waals surface area contributed by atoms with E-state index in [1.165, 1.54) is 45.2 Å². The van der Waals surface area contributed by atoms with Crippen LogP contribution in [0.2, 0.25) is 0 Å². The van der Waals surface area contributed by atoms with Gasteiger partial charge >= 0.3 is 0 Å². The molecule has 0 spiro atoms. The van der Waals surface area contributed by atoms with E-state index < -0.39 is 0 Å². The van der Waals surface area contributed by atoms with Crippen molar-refractivity contribution in [2.45, 2.75) is 65.0 Å². The highest BCUT2D eigenvalue weighted by Crippen LogP contribution is 2.30. The molecule has 0 aliphatic carbocycles. The second kappa shape index (κ2) is 7.47. The minimum Gasteiger partial charge on any atom is -0.356 e. The first kappa shape index (κ1) is 16.5. The number of aromatic nitrogens is 2. The van der Waals surface area contributed by atoms with E-state index in [0.29, 0.717) is 24.9 Å². The van der Waals surface area contributed by atoms with Gasteiger partial charge in [0, 0.05) is 31.2 Å². The van der Waals surface area contributed by atoms with Crippen LogP contribution in [-0.4, -0.2) is 46.3 Å². The number of nitrogens with zero attached hydrogens (tertiary/aromatic N) is 3. The number of hydrogen-bond acceptors (Lipinski definition) is 3. The van der Waals surface area contributed by atoms with Crippen molar-refractivity contribution in [2.75, 3.05) is 19.6 Å². The Labute approximate surface area is 139 Å². The molecule has 0 radical (unpaired) electrons. The molecule has 5 nitrogen and oxygen atoms in total. The van der Waals surface area contributed by atoms with Crippen molar-refractivity contribution in [3.8, 4) is 0 Å². The minimum absolute atomic E-state index is 0.158. The molecule has 2 fully saturated rings. The summed E-state index contributed by atoms with van der Waals surface area (Å²) in [6.45, 7) is 8.06. The molecule has 1 aromatic heterocycles. The van der Waals surface area contributed by atoms with E-state index in [-0.39, 0.29) is 5.91 Å². The summed E-state index contributed by atoms with van der Waals surface area (Å²) < 4.78 is 1.93. The van der Waals surface area contributed by atoms with E-state index in [1.54, 1.807) is 0 Å². The average molecular weight is 318 g/mol. The summed E-state index contributed by atoms with van der Waals surface area (Å²) in [6.07, 6.45) is 7.07. The van der Waals surface area contributed by atoms with Gasteiger partial charge in [0.15, 0.2) is 0 Å². The highest BCUT2D eigenvalue weighted by molar-refractivity contribution is 5.75. The van der Waals surface area contributed by atoms with Gasteiger partial charge in [0.25, 0.3) is 0 Å². The summed E-state index contributed by atoms with van der Waals surface area (Å²) >= 11 is 0. The van der Waals surface area contributed by atoms with Crippen molar-refractivity contribution in [1.82, 2.24) is 20.0 Å². The molecule has 1 amide bonds. The van der Waals surface area contributed by atoms with Gasteiger partial charge in [0.05, 0.1) is 5.69 Å². The molecule has 3 rings (SSSR count). The molecule has 1 N–H and O–H groups in total. The second-order valence-corrected chi connectivity index (χ2v) is 7.21. The Morgan fingerprint density at radius 2 is 2.09 bits per heavy atom. The molecule has 2 atom stereocenters. The summed E-state index contributed by atoms with van der Waals surface area (Å²) in [5.41, 5.74) is 2.14. The zero-order chi connectivity index (χ0) is 16.2. The van der Waals surface area contributed by atoms with Gasteiger partial charge in [-0.15, -0.1) is 0 Å². The van der Waals surface area contributed by atoms with E-state index in [2.05, 4.69) is 21.4 Å². The maximum Gasteiger partial charge on any atom is 0.221 e. The maximum absolute atomic E-state index is 12.2. The maximum atomic E-state index is 12.2. The zero-order valence-electron chi connectivity index (χ0n) is 14.6. The van der Waals surface area contributed by atoms with Crippen molar-refractivity contribution < 1.29 is 4.79 Å². The van der Waals surface area contributed by atoms with Gasteiger partial charge in [-0.25, -0.2) is 0 Å². The number of amides is 1. The van der Waals surface area contributed by atoms with Crippen LogP contribution in [0.4, 0.5) is 0 Å². The molecule has 23 heavy (non-hydrogen) atoms. The third-order valence-electron chi connectivity index (χ3n) is 5.44. The molecule has 128 valence electrons. The first-order valence-electron chi connectivity index (χ1n) is 9.15. The van der Waals surface area contributed by atoms with E-state index in [4.69, 9.17) is 0 Å². The van der Waals surface area contributed by atoms with Crippen LogP contribution in [-0.2, 0) is 11.3 Å². The summed E-state index contributed by atoms with van der Waals surface area (Å²) in [5, 5.41) is 7.59. The first-order chi connectivity index (χ1) is 11.1. The molecule has 0 saturated carbocycles. The van der Waals surface area contributed by atoms with Gasteiger partial charge in [-0.2, -0.15) is 5.10 Å². The molecule has 5 heteroatoms. The van der Waals surface area contributed by atoms with Crippen LogP contribution in [0, 0.1) is 19.8 Å². The van der Waals surface area contributed by atoms with Crippen molar-refractivity contribution in [3.63, 3.8) is 0 Å². The number of carbonyl (C=O) groups excluding carboxylic acids is 1. The van der Waals surface area contributed by atoms with Crippen molar-refractivity contribution in [3.05, 3.63) is 17.5 Å². The van der Waals surface area contributed by atoms with Gasteiger partial charge < -0.3 is 10.2 Å². The normalized spacial score (nSPS) is 25.1. The van der Waals surface area contributed by atoms with Gasteiger partial charge in [0.2, 0.25) is 5.91 Å². The van der Waals surface area contributed by atoms with Gasteiger partial charge in [0.1, 0.15) is 0 Å². The van der Waals surface area contributed by atoms with Crippen LogP contribution in [0.1, 0.15) is 49.9 Å². The highest BCUT2D eigenvalue weighted by Gasteiger charge is 2.32. The van der Waals surface area contributed by atoms with E-state index >= 15 is 0 Å². The molecule has 2 saturated heterocycles. The van der Waals surface area contributed by atoms with Crippen LogP contribution < -0.4 is 5.32 Å². The predicted octanol–water partition coefficient (Wildman–Crippen LogP) is 2.27. The van der Waals surface area contributed by atoms with Gasteiger partial charge in [-0.05, 0) is 64.6 Å². The van der Waals surface area contributed by atoms with Crippen LogP contribution in [0.3, 0.4) is 0 Å². The highest BCUT2D eigenvalue weighted by atomic mass is 16.1. The lowest BCUT2D eigenvalue weighted by Gasteiger charge is -2.44. The number of rotatable bonds is 5. The Balaban J connectivity index is 1.44. The Bertz CT molecular complexity index is 537. The number of aryl methyl sites for hydroxylation is 3. The quantitative estimate of drug-likeness (QED) is 0.906. The lowest BCUT2D eigenvalue weighted by molar-refractivity contribution is -0.121. The number of hydrogen-bond donors (Lipinski definition) is 1. The number of carbonyl (C=O) groups is 1. The second-order valence-electron chi connectivity index (χ2n) is 7.21. The molecular formula is C18H30N4O. The fourth-order valence-electron chi connectivity index (χ4n) is 4.26. The minimum atomic E-state index is 0.158. The fraction of sp³-hybridized carbons (Fsp3) is 0.778. The summed E-state index contributed by atoms with van der Waals surface area (Å²) in [7, 11) is 0. The SMILES string of the molecule is Cc1cc(C)n(CCC(=O)NCC2CCCN3CCCC[C@H]23)n1. The molecule has 0 bridgehead atoms. The zero-order valence-corrected chi connectivity index (χ0v) is 14.6. The van der Waals surface area contributed by atoms with E-state index in [0.717, 1.165) is 17.9 Å². The molecule has 2 aliphatic rings. The summed E-state index contributed by atoms with van der Waals surface area (Å²) in [5.74, 6) is 0.798. The van der Waals surface area contributed by atoms with E-state index in [9.17, 15) is 4.79 Å². The van der Waals surface area contributed by atoms with Crippen LogP contribution in [0.5, 0.6) is 0 Å². The monoisotopic (exact) mass is 318 g/mol. The van der Waals surface area contributed by atoms with Gasteiger partial charge in [-0.3, -0.25) is 9.48 Å². The van der Waals surface area contributed by atoms with Crippen LogP contribution in [0.25, 0.3) is 0 Å². The predicted molar refractivity (Wildman–Crippen MR) is 91.3 cm³/mol. The van der Waals surface area contributed by atoms with E-state index in [1.807, 2.05) is 18.5 Å². The topological polar surface area (TPSA) is 50.2 Å². The summed E-state index contributed by atoms with van der Waals surface area (Å²) in [6, 6.07) is 2.76. The molecule has 0 aromatic carbocycles. The largest absolute Gasteiger partial charge is 0.356 e. The average Bonchev–Trinajstić information content (AvgIpc) is 2.88. The van der Waals surface area contributed by atoms with Crippen molar-refractivity contribution >= 4 is 5.91 Å². The molecule has 1 unspecified atom stereocenters. The number of fused-ring (bicyclic) bond motifs is 1. The Morgan fingerprint density at radius 3 is 2.87 bits per heavy atom. The third-order valence-corrected chi connectivity index (χ3v) is 5.44. The van der Waals surface area contributed by atoms with Crippen molar-refractivity contribution in [2.24, 2.45) is 5.92 Å². The molecule has 2 aliphatic heterocycles. The van der Waals surface area contributed by atoms with Crippen molar-refractivity contribution in [1.29, 1.82) is 0 Å². The van der Waals surface area contributed by atoms with Crippen LogP contribution >= 0.6 is 0 Å². The fourth-order valence-corrected chi connectivity index (χ4v) is 4.26. The molecule has 3 heterocycles.